The molecule has 2 unspecified atom stereocenters. The van der Waals surface area contributed by atoms with Gasteiger partial charge in [-0.15, -0.1) is 11.8 Å². The summed E-state index contributed by atoms with van der Waals surface area (Å²) in [6.07, 6.45) is 4.27. The van der Waals surface area contributed by atoms with Crippen molar-refractivity contribution in [1.29, 1.82) is 0 Å². The molecule has 96 valence electrons. The molecule has 1 heterocycles. The molecule has 0 radical (unpaired) electrons. The van der Waals surface area contributed by atoms with Crippen molar-refractivity contribution in [2.24, 2.45) is 11.7 Å². The Morgan fingerprint density at radius 2 is 1.94 bits per heavy atom. The standard InChI is InChI=1S/C13H23NOSSi/c1-7-8-13(17(4,5)6)11(12(14)15)9(2)10(3)16-13/h7-8,11H,1-6H3,(H2,14,15). The number of hydrogen-bond donors (Lipinski definition) is 1. The molecule has 17 heavy (non-hydrogen) atoms. The van der Waals surface area contributed by atoms with Crippen LogP contribution >= 0.6 is 11.8 Å². The first-order valence-corrected chi connectivity index (χ1v) is 10.3. The smallest absolute Gasteiger partial charge is 0.226 e. The van der Waals surface area contributed by atoms with Gasteiger partial charge in [-0.3, -0.25) is 4.79 Å². The van der Waals surface area contributed by atoms with E-state index >= 15 is 0 Å². The van der Waals surface area contributed by atoms with Crippen molar-refractivity contribution < 1.29 is 4.79 Å². The minimum absolute atomic E-state index is 0.109. The second-order valence-electron chi connectivity index (χ2n) is 5.72. The molecule has 1 aliphatic rings. The molecule has 4 heteroatoms. The molecule has 2 nitrogen and oxygen atoms in total. The average molecular weight is 269 g/mol. The van der Waals surface area contributed by atoms with Crippen LogP contribution in [0.25, 0.3) is 0 Å². The van der Waals surface area contributed by atoms with E-state index in [0.717, 1.165) is 5.57 Å². The molecule has 0 aliphatic carbocycles. The highest BCUT2D eigenvalue weighted by atomic mass is 32.2. The fourth-order valence-corrected chi connectivity index (χ4v) is 7.53. The highest BCUT2D eigenvalue weighted by Crippen LogP contribution is 2.55. The highest BCUT2D eigenvalue weighted by Gasteiger charge is 2.54. The van der Waals surface area contributed by atoms with E-state index in [-0.39, 0.29) is 16.2 Å². The van der Waals surface area contributed by atoms with Crippen LogP contribution in [0.3, 0.4) is 0 Å². The summed E-state index contributed by atoms with van der Waals surface area (Å²) < 4.78 is -0.109. The normalized spacial score (nSPS) is 30.4. The van der Waals surface area contributed by atoms with Crippen LogP contribution in [0.2, 0.25) is 19.6 Å². The maximum absolute atomic E-state index is 11.9. The van der Waals surface area contributed by atoms with E-state index in [1.165, 1.54) is 4.91 Å². The van der Waals surface area contributed by atoms with Crippen LogP contribution in [0.15, 0.2) is 22.6 Å². The van der Waals surface area contributed by atoms with Crippen molar-refractivity contribution >= 4 is 25.7 Å². The van der Waals surface area contributed by atoms with Gasteiger partial charge in [0.05, 0.1) is 14.0 Å². The monoisotopic (exact) mass is 269 g/mol. The Morgan fingerprint density at radius 3 is 2.29 bits per heavy atom. The summed E-state index contributed by atoms with van der Waals surface area (Å²) in [7, 11) is -1.57. The van der Waals surface area contributed by atoms with Gasteiger partial charge in [0.2, 0.25) is 5.91 Å². The molecule has 0 bridgehead atoms. The van der Waals surface area contributed by atoms with Gasteiger partial charge in [0.1, 0.15) is 0 Å². The van der Waals surface area contributed by atoms with Crippen LogP contribution in [0, 0.1) is 5.92 Å². The van der Waals surface area contributed by atoms with Crippen LogP contribution in [0.4, 0.5) is 0 Å². The molecule has 1 rings (SSSR count). The lowest BCUT2D eigenvalue weighted by Gasteiger charge is -2.41. The molecule has 0 saturated carbocycles. The Balaban J connectivity index is 3.40. The minimum atomic E-state index is -1.57. The van der Waals surface area contributed by atoms with Gasteiger partial charge in [-0.05, 0) is 25.7 Å². The van der Waals surface area contributed by atoms with Crippen molar-refractivity contribution in [2.75, 3.05) is 0 Å². The summed E-state index contributed by atoms with van der Waals surface area (Å²) in [5.74, 6) is -0.331. The summed E-state index contributed by atoms with van der Waals surface area (Å²) >= 11 is 1.84. The SMILES string of the molecule is CC=CC1([Si](C)(C)C)SC(C)=C(C)C1C(N)=O. The number of nitrogens with two attached hydrogens (primary N) is 1. The van der Waals surface area contributed by atoms with E-state index < -0.39 is 8.07 Å². The average Bonchev–Trinajstić information content (AvgIpc) is 2.39. The summed E-state index contributed by atoms with van der Waals surface area (Å²) in [5, 5.41) is 0. The fraction of sp³-hybridized carbons (Fsp3) is 0.615. The topological polar surface area (TPSA) is 43.1 Å². The van der Waals surface area contributed by atoms with Crippen LogP contribution < -0.4 is 5.73 Å². The third kappa shape index (κ3) is 2.25. The van der Waals surface area contributed by atoms with Crippen LogP contribution in [0.5, 0.6) is 0 Å². The molecule has 0 aromatic heterocycles. The zero-order valence-corrected chi connectivity index (χ0v) is 13.4. The number of hydrogen-bond acceptors (Lipinski definition) is 2. The molecule has 2 N–H and O–H groups in total. The molecular formula is C13H23NOSSi. The van der Waals surface area contributed by atoms with Crippen molar-refractivity contribution in [2.45, 2.75) is 44.8 Å². The van der Waals surface area contributed by atoms with E-state index in [4.69, 9.17) is 5.73 Å². The molecule has 0 saturated heterocycles. The Labute approximate surface area is 110 Å². The van der Waals surface area contributed by atoms with Crippen molar-refractivity contribution in [3.05, 3.63) is 22.6 Å². The molecular weight excluding hydrogens is 246 g/mol. The van der Waals surface area contributed by atoms with Gasteiger partial charge in [-0.1, -0.05) is 37.4 Å². The molecule has 0 aromatic carbocycles. The van der Waals surface area contributed by atoms with E-state index in [2.05, 4.69) is 38.7 Å². The maximum Gasteiger partial charge on any atom is 0.226 e. The molecule has 0 aromatic rings. The van der Waals surface area contributed by atoms with Crippen LogP contribution in [-0.4, -0.2) is 18.4 Å². The summed E-state index contributed by atoms with van der Waals surface area (Å²) in [5.41, 5.74) is 6.81. The van der Waals surface area contributed by atoms with Gasteiger partial charge < -0.3 is 5.73 Å². The Morgan fingerprint density at radius 1 is 1.41 bits per heavy atom. The van der Waals surface area contributed by atoms with Gasteiger partial charge in [0.15, 0.2) is 0 Å². The number of carbonyl (C=O) groups is 1. The number of thioether (sulfide) groups is 1. The first kappa shape index (κ1) is 14.6. The van der Waals surface area contributed by atoms with Crippen LogP contribution in [0.1, 0.15) is 20.8 Å². The highest BCUT2D eigenvalue weighted by molar-refractivity contribution is 8.06. The predicted octanol–water partition coefficient (Wildman–Crippen LogP) is 3.32. The molecule has 1 amide bonds. The van der Waals surface area contributed by atoms with Crippen molar-refractivity contribution in [3.8, 4) is 0 Å². The van der Waals surface area contributed by atoms with E-state index in [1.54, 1.807) is 0 Å². The van der Waals surface area contributed by atoms with Crippen LogP contribution in [-0.2, 0) is 4.79 Å². The second kappa shape index (κ2) is 4.65. The second-order valence-corrected chi connectivity index (χ2v) is 12.9. The Hall–Kier alpha value is -0.483. The first-order valence-electron chi connectivity index (χ1n) is 5.97. The zero-order valence-electron chi connectivity index (χ0n) is 11.6. The Bertz CT molecular complexity index is 395. The summed E-state index contributed by atoms with van der Waals surface area (Å²) in [4.78, 5) is 13.1. The number of amides is 1. The maximum atomic E-state index is 11.9. The Kier molecular flexibility index (Phi) is 3.99. The summed E-state index contributed by atoms with van der Waals surface area (Å²) in [6, 6.07) is 0. The summed E-state index contributed by atoms with van der Waals surface area (Å²) in [6.45, 7) is 13.1. The largest absolute Gasteiger partial charge is 0.369 e. The number of rotatable bonds is 3. The molecule has 2 atom stereocenters. The fourth-order valence-electron chi connectivity index (χ4n) is 2.56. The lowest BCUT2D eigenvalue weighted by Crippen LogP contribution is -2.55. The quantitative estimate of drug-likeness (QED) is 0.631. The zero-order chi connectivity index (χ0) is 13.4. The van der Waals surface area contributed by atoms with E-state index in [9.17, 15) is 4.79 Å². The molecule has 1 aliphatic heterocycles. The number of carbonyl (C=O) groups excluding carboxylic acids is 1. The van der Waals surface area contributed by atoms with E-state index in [1.807, 2.05) is 25.6 Å². The van der Waals surface area contributed by atoms with Gasteiger partial charge in [0, 0.05) is 4.37 Å². The van der Waals surface area contributed by atoms with Crippen molar-refractivity contribution in [3.63, 3.8) is 0 Å². The lowest BCUT2D eigenvalue weighted by atomic mass is 9.95. The van der Waals surface area contributed by atoms with Gasteiger partial charge >= 0.3 is 0 Å². The van der Waals surface area contributed by atoms with Gasteiger partial charge in [-0.25, -0.2) is 0 Å². The first-order chi connectivity index (χ1) is 7.67. The lowest BCUT2D eigenvalue weighted by molar-refractivity contribution is -0.120. The number of primary amides is 1. The van der Waals surface area contributed by atoms with E-state index in [0.29, 0.717) is 0 Å². The molecule has 0 spiro atoms. The minimum Gasteiger partial charge on any atom is -0.369 e. The van der Waals surface area contributed by atoms with Gasteiger partial charge in [0.25, 0.3) is 0 Å². The molecule has 0 fully saturated rings. The number of allylic oxidation sites excluding steroid dienone is 2. The predicted molar refractivity (Wildman–Crippen MR) is 79.5 cm³/mol. The third-order valence-electron chi connectivity index (χ3n) is 3.61. The van der Waals surface area contributed by atoms with Crippen molar-refractivity contribution in [1.82, 2.24) is 0 Å². The third-order valence-corrected chi connectivity index (χ3v) is 9.89. The van der Waals surface area contributed by atoms with Gasteiger partial charge in [-0.2, -0.15) is 0 Å².